The fourth-order valence-electron chi connectivity index (χ4n) is 1.87. The highest BCUT2D eigenvalue weighted by molar-refractivity contribution is 7.80. The van der Waals surface area contributed by atoms with Gasteiger partial charge >= 0.3 is 0 Å². The SMILES string of the molecule is N#Cc1cccc(NC(=S)N=C(N)Cc2c(Cl)cccc2Cl)c1. The maximum absolute atomic E-state index is 8.87. The minimum Gasteiger partial charge on any atom is -0.387 e. The third-order valence-corrected chi connectivity index (χ3v) is 3.81. The van der Waals surface area contributed by atoms with Crippen molar-refractivity contribution in [2.75, 3.05) is 5.32 Å². The number of thiocarbonyl (C=S) groups is 1. The van der Waals surface area contributed by atoms with Crippen molar-refractivity contribution in [2.45, 2.75) is 6.42 Å². The van der Waals surface area contributed by atoms with Crippen LogP contribution in [0.1, 0.15) is 11.1 Å². The summed E-state index contributed by atoms with van der Waals surface area (Å²) in [6.07, 6.45) is 0.290. The quantitative estimate of drug-likeness (QED) is 0.488. The summed E-state index contributed by atoms with van der Waals surface area (Å²) in [6.45, 7) is 0. The molecule has 23 heavy (non-hydrogen) atoms. The summed E-state index contributed by atoms with van der Waals surface area (Å²) in [5.74, 6) is 0.286. The van der Waals surface area contributed by atoms with Crippen LogP contribution in [0.2, 0.25) is 10.0 Å². The van der Waals surface area contributed by atoms with Crippen molar-refractivity contribution >= 4 is 52.1 Å². The van der Waals surface area contributed by atoms with Crippen LogP contribution in [0.3, 0.4) is 0 Å². The van der Waals surface area contributed by atoms with Crippen LogP contribution >= 0.6 is 35.4 Å². The Bertz CT molecular complexity index is 792. The summed E-state index contributed by atoms with van der Waals surface area (Å²) < 4.78 is 0. The van der Waals surface area contributed by atoms with Crippen molar-refractivity contribution in [3.63, 3.8) is 0 Å². The van der Waals surface area contributed by atoms with Crippen molar-refractivity contribution < 1.29 is 0 Å². The summed E-state index contributed by atoms with van der Waals surface area (Å²) in [5, 5.41) is 13.0. The van der Waals surface area contributed by atoms with Crippen LogP contribution in [0, 0.1) is 11.3 Å². The Morgan fingerprint density at radius 3 is 2.52 bits per heavy atom. The minimum atomic E-state index is 0.195. The number of hydrogen-bond acceptors (Lipinski definition) is 2. The van der Waals surface area contributed by atoms with Crippen LogP contribution in [-0.4, -0.2) is 10.9 Å². The van der Waals surface area contributed by atoms with E-state index in [0.717, 1.165) is 0 Å². The van der Waals surface area contributed by atoms with Gasteiger partial charge in [-0.3, -0.25) is 0 Å². The first-order valence-electron chi connectivity index (χ1n) is 6.56. The van der Waals surface area contributed by atoms with E-state index in [2.05, 4.69) is 16.4 Å². The molecule has 0 unspecified atom stereocenters. The van der Waals surface area contributed by atoms with Crippen LogP contribution in [-0.2, 0) is 6.42 Å². The first-order chi connectivity index (χ1) is 11.0. The van der Waals surface area contributed by atoms with Gasteiger partial charge in [0.15, 0.2) is 5.11 Å². The molecule has 0 aliphatic carbocycles. The van der Waals surface area contributed by atoms with Crippen LogP contribution in [0.5, 0.6) is 0 Å². The molecule has 0 fully saturated rings. The Balaban J connectivity index is 2.08. The first-order valence-corrected chi connectivity index (χ1v) is 7.73. The van der Waals surface area contributed by atoms with E-state index in [0.29, 0.717) is 33.3 Å². The molecule has 0 saturated carbocycles. The molecule has 7 heteroatoms. The average Bonchev–Trinajstić information content (AvgIpc) is 2.51. The summed E-state index contributed by atoms with van der Waals surface area (Å²) in [7, 11) is 0. The number of halogens is 2. The van der Waals surface area contributed by atoms with Crippen molar-refractivity contribution in [1.82, 2.24) is 0 Å². The van der Waals surface area contributed by atoms with Crippen molar-refractivity contribution in [3.05, 3.63) is 63.6 Å². The Hall–Kier alpha value is -2.13. The second kappa shape index (κ2) is 7.93. The van der Waals surface area contributed by atoms with Crippen LogP contribution in [0.15, 0.2) is 47.5 Å². The van der Waals surface area contributed by atoms with Crippen LogP contribution in [0.25, 0.3) is 0 Å². The van der Waals surface area contributed by atoms with E-state index in [1.54, 1.807) is 42.5 Å². The molecule has 116 valence electrons. The van der Waals surface area contributed by atoms with Gasteiger partial charge in [-0.1, -0.05) is 35.3 Å². The number of nitrogens with one attached hydrogen (secondary N) is 1. The Kier molecular flexibility index (Phi) is 5.94. The summed E-state index contributed by atoms with van der Waals surface area (Å²) in [5.41, 5.74) is 7.80. The number of benzene rings is 2. The second-order valence-corrected chi connectivity index (χ2v) is 5.80. The lowest BCUT2D eigenvalue weighted by Gasteiger charge is -2.08. The fraction of sp³-hybridized carbons (Fsp3) is 0.0625. The number of anilines is 1. The predicted octanol–water partition coefficient (Wildman–Crippen LogP) is 4.16. The van der Waals surface area contributed by atoms with E-state index in [1.165, 1.54) is 0 Å². The monoisotopic (exact) mass is 362 g/mol. The van der Waals surface area contributed by atoms with E-state index < -0.39 is 0 Å². The highest BCUT2D eigenvalue weighted by Gasteiger charge is 2.08. The molecule has 0 heterocycles. The first kappa shape index (κ1) is 17.2. The molecule has 4 nitrogen and oxygen atoms in total. The molecule has 0 radical (unpaired) electrons. The summed E-state index contributed by atoms with van der Waals surface area (Å²) in [6, 6.07) is 14.2. The predicted molar refractivity (Wildman–Crippen MR) is 99.2 cm³/mol. The van der Waals surface area contributed by atoms with E-state index in [-0.39, 0.29) is 10.9 Å². The normalized spacial score (nSPS) is 10.9. The fourth-order valence-corrected chi connectivity index (χ4v) is 2.64. The molecule has 0 spiro atoms. The molecule has 0 bridgehead atoms. The third kappa shape index (κ3) is 4.93. The van der Waals surface area contributed by atoms with Gasteiger partial charge in [0.25, 0.3) is 0 Å². The van der Waals surface area contributed by atoms with Gasteiger partial charge in [-0.15, -0.1) is 0 Å². The number of amidine groups is 1. The molecular formula is C16H12Cl2N4S. The molecular weight excluding hydrogens is 351 g/mol. The molecule has 2 aromatic rings. The van der Waals surface area contributed by atoms with Crippen LogP contribution < -0.4 is 11.1 Å². The Morgan fingerprint density at radius 2 is 1.87 bits per heavy atom. The van der Waals surface area contributed by atoms with Gasteiger partial charge in [-0.2, -0.15) is 5.26 Å². The summed E-state index contributed by atoms with van der Waals surface area (Å²) >= 11 is 17.3. The van der Waals surface area contributed by atoms with Crippen molar-refractivity contribution in [1.29, 1.82) is 5.26 Å². The van der Waals surface area contributed by atoms with Crippen LogP contribution in [0.4, 0.5) is 5.69 Å². The molecule has 0 aliphatic heterocycles. The molecule has 0 saturated heterocycles. The van der Waals surface area contributed by atoms with E-state index in [4.69, 9.17) is 46.4 Å². The van der Waals surface area contributed by atoms with E-state index in [9.17, 15) is 0 Å². The third-order valence-electron chi connectivity index (χ3n) is 2.91. The standard InChI is InChI=1S/C16H12Cl2N4S/c17-13-5-2-6-14(18)12(13)8-15(20)22-16(23)21-11-4-1-3-10(7-11)9-19/h1-7H,8H2,(H3,20,21,22,23). The lowest BCUT2D eigenvalue weighted by atomic mass is 10.1. The molecule has 3 N–H and O–H groups in total. The minimum absolute atomic E-state index is 0.195. The molecule has 0 aromatic heterocycles. The number of aliphatic imine (C=N–C) groups is 1. The van der Waals surface area contributed by atoms with Gasteiger partial charge in [0.2, 0.25) is 0 Å². The highest BCUT2D eigenvalue weighted by atomic mass is 35.5. The number of nitriles is 1. The van der Waals surface area contributed by atoms with Gasteiger partial charge < -0.3 is 11.1 Å². The Morgan fingerprint density at radius 1 is 1.22 bits per heavy atom. The zero-order valence-corrected chi connectivity index (χ0v) is 14.2. The lowest BCUT2D eigenvalue weighted by molar-refractivity contribution is 1.28. The molecule has 2 aromatic carbocycles. The number of nitrogens with zero attached hydrogens (tertiary/aromatic N) is 2. The van der Waals surface area contributed by atoms with Gasteiger partial charge in [0.1, 0.15) is 5.84 Å². The molecule has 0 aliphatic rings. The van der Waals surface area contributed by atoms with Gasteiger partial charge in [0.05, 0.1) is 11.6 Å². The lowest BCUT2D eigenvalue weighted by Crippen LogP contribution is -2.19. The van der Waals surface area contributed by atoms with Gasteiger partial charge in [-0.05, 0) is 48.1 Å². The summed E-state index contributed by atoms with van der Waals surface area (Å²) in [4.78, 5) is 4.12. The van der Waals surface area contributed by atoms with E-state index in [1.807, 2.05) is 0 Å². The van der Waals surface area contributed by atoms with Gasteiger partial charge in [-0.25, -0.2) is 4.99 Å². The Labute approximate surface area is 149 Å². The second-order valence-electron chi connectivity index (χ2n) is 4.60. The largest absolute Gasteiger partial charge is 0.387 e. The average molecular weight is 363 g/mol. The molecule has 2 rings (SSSR count). The van der Waals surface area contributed by atoms with E-state index >= 15 is 0 Å². The smallest absolute Gasteiger partial charge is 0.198 e. The maximum atomic E-state index is 8.87. The van der Waals surface area contributed by atoms with Crippen molar-refractivity contribution in [2.24, 2.45) is 10.7 Å². The number of hydrogen-bond donors (Lipinski definition) is 2. The number of nitrogens with two attached hydrogens (primary N) is 1. The molecule has 0 atom stereocenters. The topological polar surface area (TPSA) is 74.2 Å². The van der Waals surface area contributed by atoms with Crippen molar-refractivity contribution in [3.8, 4) is 6.07 Å². The number of rotatable bonds is 3. The highest BCUT2D eigenvalue weighted by Crippen LogP contribution is 2.24. The zero-order valence-electron chi connectivity index (χ0n) is 11.9. The van der Waals surface area contributed by atoms with Gasteiger partial charge in [0, 0.05) is 22.2 Å². The maximum Gasteiger partial charge on any atom is 0.198 e. The zero-order chi connectivity index (χ0) is 16.8. The molecule has 0 amide bonds.